The summed E-state index contributed by atoms with van der Waals surface area (Å²) in [5, 5.41) is 9.80. The van der Waals surface area contributed by atoms with Crippen molar-refractivity contribution in [1.29, 1.82) is 0 Å². The maximum atomic E-state index is 13.0. The molecular weight excluding hydrogens is 1270 g/mol. The number of allylic oxidation sites excluding steroid dienone is 12. The van der Waals surface area contributed by atoms with Crippen molar-refractivity contribution in [3.8, 4) is 0 Å². The van der Waals surface area contributed by atoms with Crippen molar-refractivity contribution in [2.75, 3.05) is 47.5 Å². The number of carbonyl (C=O) groups is 3. The Hall–Kier alpha value is -3.27. The van der Waals surface area contributed by atoms with Crippen LogP contribution in [-0.2, 0) is 33.3 Å². The number of carbonyl (C=O) groups excluding carboxylic acids is 2. The van der Waals surface area contributed by atoms with Gasteiger partial charge in [0.05, 0.1) is 34.4 Å². The van der Waals surface area contributed by atoms with Crippen LogP contribution in [-0.4, -0.2) is 87.4 Å². The van der Waals surface area contributed by atoms with E-state index in [9.17, 15) is 19.5 Å². The van der Waals surface area contributed by atoms with Crippen LogP contribution in [0.4, 0.5) is 0 Å². The van der Waals surface area contributed by atoms with E-state index < -0.39 is 18.4 Å². The van der Waals surface area contributed by atoms with Crippen LogP contribution in [0.3, 0.4) is 0 Å². The number of nitrogens with zero attached hydrogens (tertiary/aromatic N) is 1. The van der Waals surface area contributed by atoms with Gasteiger partial charge < -0.3 is 28.5 Å². The minimum atomic E-state index is -1.51. The van der Waals surface area contributed by atoms with E-state index in [2.05, 4.69) is 86.8 Å². The van der Waals surface area contributed by atoms with Gasteiger partial charge in [0.2, 0.25) is 0 Å². The van der Waals surface area contributed by atoms with Gasteiger partial charge in [-0.3, -0.25) is 9.59 Å². The first-order valence-corrected chi connectivity index (χ1v) is 45.1. The number of carboxylic acids is 1. The molecule has 602 valence electrons. The van der Waals surface area contributed by atoms with Crippen LogP contribution < -0.4 is 0 Å². The topological polar surface area (TPSA) is 108 Å². The average Bonchev–Trinajstić information content (AvgIpc) is 1.01. The van der Waals surface area contributed by atoms with Gasteiger partial charge in [-0.1, -0.05) is 421 Å². The number of carboxylic acid groups (broad SMARTS) is 1. The highest BCUT2D eigenvalue weighted by Crippen LogP contribution is 2.20. The molecule has 0 heterocycles. The summed E-state index contributed by atoms with van der Waals surface area (Å²) >= 11 is 0. The fourth-order valence-corrected chi connectivity index (χ4v) is 13.6. The van der Waals surface area contributed by atoms with Crippen molar-refractivity contribution in [3.05, 3.63) is 72.9 Å². The first kappa shape index (κ1) is 99.7. The van der Waals surface area contributed by atoms with Crippen molar-refractivity contribution in [3.63, 3.8) is 0 Å². The van der Waals surface area contributed by atoms with Crippen LogP contribution in [0.15, 0.2) is 72.9 Å². The summed E-state index contributed by atoms with van der Waals surface area (Å²) in [6.07, 6.45) is 112. The summed E-state index contributed by atoms with van der Waals surface area (Å²) < 4.78 is 23.1. The maximum absolute atomic E-state index is 13.0. The highest BCUT2D eigenvalue weighted by Gasteiger charge is 2.25. The van der Waals surface area contributed by atoms with E-state index in [-0.39, 0.29) is 38.2 Å². The smallest absolute Gasteiger partial charge is 0.361 e. The van der Waals surface area contributed by atoms with Gasteiger partial charge in [-0.05, 0) is 89.9 Å². The fourth-order valence-electron chi connectivity index (χ4n) is 13.6. The second kappa shape index (κ2) is 84.4. The van der Waals surface area contributed by atoms with E-state index in [4.69, 9.17) is 18.9 Å². The van der Waals surface area contributed by atoms with Gasteiger partial charge in [0.25, 0.3) is 6.29 Å². The number of hydrogen-bond donors (Lipinski definition) is 1. The lowest BCUT2D eigenvalue weighted by Crippen LogP contribution is -2.40. The molecule has 0 amide bonds. The second-order valence-electron chi connectivity index (χ2n) is 31.9. The third kappa shape index (κ3) is 85.9. The van der Waals surface area contributed by atoms with E-state index in [0.29, 0.717) is 17.4 Å². The number of unbranched alkanes of at least 4 members (excludes halogenated alkanes) is 58. The molecule has 0 radical (unpaired) electrons. The molecular formula is C94H174NO8+. The number of esters is 2. The summed E-state index contributed by atoms with van der Waals surface area (Å²) in [5.74, 6) is -1.97. The van der Waals surface area contributed by atoms with Gasteiger partial charge in [-0.15, -0.1) is 0 Å². The lowest BCUT2D eigenvalue weighted by molar-refractivity contribution is -0.870. The zero-order valence-electron chi connectivity index (χ0n) is 69.2. The van der Waals surface area contributed by atoms with Gasteiger partial charge in [-0.2, -0.15) is 0 Å². The lowest BCUT2D eigenvalue weighted by Gasteiger charge is -2.25. The summed E-state index contributed by atoms with van der Waals surface area (Å²) in [6, 6.07) is 0. The first-order valence-electron chi connectivity index (χ1n) is 45.1. The quantitative estimate of drug-likeness (QED) is 0.0211. The molecule has 9 nitrogen and oxygen atoms in total. The molecule has 103 heavy (non-hydrogen) atoms. The zero-order chi connectivity index (χ0) is 74.6. The SMILES string of the molecule is CCCCCCC/C=C\C/C=C\C/C=C\CCCCCCCCCCCCCCCCCCCCCCCCCCCCC(=O)OC(COC(=O)CCCCCCCCCCCCCCCCCCCCCCCC/C=C\C/C=C\C/C=C\CCCCCCC)COC(OCC[N+](C)(C)C)C(=O)O. The molecule has 0 saturated carbocycles. The summed E-state index contributed by atoms with van der Waals surface area (Å²) in [4.78, 5) is 37.8. The maximum Gasteiger partial charge on any atom is 0.361 e. The van der Waals surface area contributed by atoms with Gasteiger partial charge in [0, 0.05) is 12.8 Å². The van der Waals surface area contributed by atoms with Gasteiger partial charge in [0.1, 0.15) is 13.2 Å². The van der Waals surface area contributed by atoms with Crippen LogP contribution in [0.2, 0.25) is 0 Å². The van der Waals surface area contributed by atoms with E-state index >= 15 is 0 Å². The largest absolute Gasteiger partial charge is 0.477 e. The van der Waals surface area contributed by atoms with Gasteiger partial charge >= 0.3 is 17.9 Å². The molecule has 0 aromatic carbocycles. The monoisotopic (exact) mass is 1450 g/mol. The Morgan fingerprint density at radius 2 is 0.524 bits per heavy atom. The number of aliphatic carboxylic acids is 1. The Morgan fingerprint density at radius 1 is 0.291 bits per heavy atom. The van der Waals surface area contributed by atoms with Crippen LogP contribution >= 0.6 is 0 Å². The van der Waals surface area contributed by atoms with Crippen molar-refractivity contribution < 1.29 is 42.9 Å². The molecule has 2 unspecified atom stereocenters. The van der Waals surface area contributed by atoms with Gasteiger partial charge in [-0.25, -0.2) is 4.79 Å². The Bertz CT molecular complexity index is 1930. The predicted molar refractivity (Wildman–Crippen MR) is 447 cm³/mol. The lowest BCUT2D eigenvalue weighted by atomic mass is 10.0. The standard InChI is InChI=1S/C94H173NO8/c1-6-8-10-12-14-16-18-20-22-24-26-28-30-32-34-36-38-40-42-44-45-46-47-49-51-53-55-57-59-61-63-65-67-69-71-73-75-77-79-81-83-85-92(97)103-90(89-102-94(93(98)99)100-87-86-95(3,4)5)88-101-91(96)84-82-80-78-76-74-72-70-68-66-64-62-60-58-56-54-52-50-48-43-41-39-37-35-33-31-29-27-25-23-21-19-17-15-13-11-9-7-2/h18-21,24-27,30-33,90,94H,6-17,22-23,28-29,34-89H2,1-5H3/p+1/b20-18-,21-19-,26-24-,27-25-,32-30-,33-31-. The predicted octanol–water partition coefficient (Wildman–Crippen LogP) is 29.5. The molecule has 0 fully saturated rings. The molecule has 2 atom stereocenters. The molecule has 0 aliphatic carbocycles. The molecule has 1 N–H and O–H groups in total. The normalized spacial score (nSPS) is 12.9. The van der Waals surface area contributed by atoms with Crippen LogP contribution in [0.25, 0.3) is 0 Å². The Morgan fingerprint density at radius 3 is 0.777 bits per heavy atom. The molecule has 0 aliphatic rings. The van der Waals surface area contributed by atoms with E-state index in [1.807, 2.05) is 21.1 Å². The molecule has 0 aliphatic heterocycles. The average molecular weight is 1450 g/mol. The molecule has 0 aromatic heterocycles. The van der Waals surface area contributed by atoms with Crippen LogP contribution in [0, 0.1) is 0 Å². The Kier molecular flexibility index (Phi) is 81.7. The van der Waals surface area contributed by atoms with E-state index in [0.717, 1.165) is 64.2 Å². The second-order valence-corrected chi connectivity index (χ2v) is 31.9. The van der Waals surface area contributed by atoms with Crippen molar-refractivity contribution in [2.45, 2.75) is 463 Å². The van der Waals surface area contributed by atoms with E-state index in [1.165, 1.54) is 360 Å². The Labute approximate surface area is 640 Å². The molecule has 0 aromatic rings. The molecule has 9 heteroatoms. The zero-order valence-corrected chi connectivity index (χ0v) is 69.2. The number of hydrogen-bond acceptors (Lipinski definition) is 7. The highest BCUT2D eigenvalue weighted by molar-refractivity contribution is 5.71. The summed E-state index contributed by atoms with van der Waals surface area (Å²) in [6.45, 7) is 4.93. The minimum absolute atomic E-state index is 0.177. The third-order valence-electron chi connectivity index (χ3n) is 20.4. The first-order chi connectivity index (χ1) is 50.6. The number of quaternary nitrogens is 1. The van der Waals surface area contributed by atoms with Crippen LogP contribution in [0.5, 0.6) is 0 Å². The third-order valence-corrected chi connectivity index (χ3v) is 20.4. The number of ether oxygens (including phenoxy) is 4. The van der Waals surface area contributed by atoms with Crippen molar-refractivity contribution in [2.24, 2.45) is 0 Å². The summed E-state index contributed by atoms with van der Waals surface area (Å²) in [7, 11) is 6.00. The highest BCUT2D eigenvalue weighted by atomic mass is 16.7. The van der Waals surface area contributed by atoms with Crippen molar-refractivity contribution >= 4 is 17.9 Å². The number of likely N-dealkylation sites (N-methyl/N-ethyl adjacent to an activating group) is 1. The van der Waals surface area contributed by atoms with Crippen molar-refractivity contribution in [1.82, 2.24) is 0 Å². The van der Waals surface area contributed by atoms with Gasteiger partial charge in [0.15, 0.2) is 6.10 Å². The molecule has 0 spiro atoms. The molecule has 0 bridgehead atoms. The Balaban J connectivity index is 3.91. The summed E-state index contributed by atoms with van der Waals surface area (Å²) in [5.41, 5.74) is 0. The molecule has 0 saturated heterocycles. The van der Waals surface area contributed by atoms with Crippen LogP contribution in [0.1, 0.15) is 450 Å². The fraction of sp³-hybridized carbons (Fsp3) is 0.840. The minimum Gasteiger partial charge on any atom is -0.477 e. The number of rotatable bonds is 85. The van der Waals surface area contributed by atoms with E-state index in [1.54, 1.807) is 0 Å². The molecule has 0 rings (SSSR count).